The molecule has 2 rings (SSSR count). The monoisotopic (exact) mass is 236 g/mol. The summed E-state index contributed by atoms with van der Waals surface area (Å²) in [5.74, 6) is -0.834. The van der Waals surface area contributed by atoms with E-state index in [1.807, 2.05) is 13.0 Å². The van der Waals surface area contributed by atoms with Crippen LogP contribution in [0.25, 0.3) is 0 Å². The van der Waals surface area contributed by atoms with E-state index in [9.17, 15) is 9.90 Å². The second-order valence-electron chi connectivity index (χ2n) is 4.63. The highest BCUT2D eigenvalue weighted by atomic mass is 16.5. The van der Waals surface area contributed by atoms with Gasteiger partial charge in [0.15, 0.2) is 0 Å². The molecule has 17 heavy (non-hydrogen) atoms. The van der Waals surface area contributed by atoms with Gasteiger partial charge in [-0.2, -0.15) is 0 Å². The number of pyridine rings is 1. The molecule has 0 spiro atoms. The lowest BCUT2D eigenvalue weighted by molar-refractivity contribution is -0.148. The number of carboxylic acid groups (broad SMARTS) is 1. The van der Waals surface area contributed by atoms with E-state index in [1.54, 1.807) is 19.3 Å². The molecule has 1 aromatic heterocycles. The van der Waals surface area contributed by atoms with Crippen LogP contribution in [0.5, 0.6) is 0 Å². The Morgan fingerprint density at radius 1 is 1.71 bits per heavy atom. The molecule has 0 bridgehead atoms. The quantitative estimate of drug-likeness (QED) is 0.827. The number of aliphatic carboxylic acids is 1. The lowest BCUT2D eigenvalue weighted by Crippen LogP contribution is -2.43. The second kappa shape index (κ2) is 4.33. The molecule has 1 fully saturated rings. The maximum absolute atomic E-state index is 11.3. The Hall–Kier alpha value is -1.62. The van der Waals surface area contributed by atoms with Crippen LogP contribution in [0.15, 0.2) is 18.5 Å². The minimum Gasteiger partial charge on any atom is -0.481 e. The Balaban J connectivity index is 2.19. The van der Waals surface area contributed by atoms with Crippen molar-refractivity contribution in [3.8, 4) is 0 Å². The first-order valence-corrected chi connectivity index (χ1v) is 5.52. The molecule has 0 aromatic carbocycles. The number of aromatic nitrogens is 1. The number of carbonyl (C=O) groups is 1. The van der Waals surface area contributed by atoms with Gasteiger partial charge in [0.2, 0.25) is 0 Å². The molecule has 5 nitrogen and oxygen atoms in total. The molecular weight excluding hydrogens is 220 g/mol. The molecule has 1 aliphatic rings. The van der Waals surface area contributed by atoms with Crippen LogP contribution in [-0.4, -0.2) is 35.3 Å². The summed E-state index contributed by atoms with van der Waals surface area (Å²) in [5, 5.41) is 12.5. The van der Waals surface area contributed by atoms with Crippen molar-refractivity contribution in [1.29, 1.82) is 0 Å². The first-order chi connectivity index (χ1) is 8.04. The van der Waals surface area contributed by atoms with Crippen molar-refractivity contribution in [2.45, 2.75) is 19.9 Å². The predicted octanol–water partition coefficient (Wildman–Crippen LogP) is 1.29. The number of aryl methyl sites for hydroxylation is 1. The van der Waals surface area contributed by atoms with Crippen molar-refractivity contribution >= 4 is 11.7 Å². The van der Waals surface area contributed by atoms with Gasteiger partial charge in [0.25, 0.3) is 0 Å². The molecule has 0 aliphatic carbocycles. The van der Waals surface area contributed by atoms with Gasteiger partial charge >= 0.3 is 5.97 Å². The van der Waals surface area contributed by atoms with Gasteiger partial charge in [0, 0.05) is 18.1 Å². The van der Waals surface area contributed by atoms with Crippen molar-refractivity contribution in [3.05, 3.63) is 24.0 Å². The van der Waals surface area contributed by atoms with Crippen molar-refractivity contribution in [2.24, 2.45) is 5.41 Å². The topological polar surface area (TPSA) is 71.5 Å². The van der Waals surface area contributed by atoms with Gasteiger partial charge in [0.1, 0.15) is 5.41 Å². The first-order valence-electron chi connectivity index (χ1n) is 5.52. The normalized spacial score (nSPS) is 28.0. The molecule has 5 heteroatoms. The van der Waals surface area contributed by atoms with Gasteiger partial charge in [0.05, 0.1) is 19.3 Å². The molecule has 2 heterocycles. The van der Waals surface area contributed by atoms with Crippen LogP contribution in [-0.2, 0) is 9.53 Å². The van der Waals surface area contributed by atoms with E-state index in [0.717, 1.165) is 11.3 Å². The SMILES string of the molecule is Cc1cnccc1NC1COCC1(C)C(=O)O. The van der Waals surface area contributed by atoms with E-state index in [4.69, 9.17) is 4.74 Å². The lowest BCUT2D eigenvalue weighted by Gasteiger charge is -2.26. The molecule has 2 atom stereocenters. The van der Waals surface area contributed by atoms with E-state index in [2.05, 4.69) is 10.3 Å². The van der Waals surface area contributed by atoms with E-state index < -0.39 is 11.4 Å². The summed E-state index contributed by atoms with van der Waals surface area (Å²) in [6.45, 7) is 4.29. The van der Waals surface area contributed by atoms with Crippen LogP contribution in [0.4, 0.5) is 5.69 Å². The number of nitrogens with zero attached hydrogens (tertiary/aromatic N) is 1. The predicted molar refractivity (Wildman–Crippen MR) is 62.9 cm³/mol. The number of rotatable bonds is 3. The minimum absolute atomic E-state index is 0.221. The van der Waals surface area contributed by atoms with Gasteiger partial charge in [-0.25, -0.2) is 0 Å². The van der Waals surface area contributed by atoms with E-state index in [1.165, 1.54) is 0 Å². The maximum Gasteiger partial charge on any atom is 0.313 e. The average Bonchev–Trinajstić information content (AvgIpc) is 2.65. The molecule has 2 unspecified atom stereocenters. The number of carboxylic acids is 1. The largest absolute Gasteiger partial charge is 0.481 e. The molecule has 1 aromatic rings. The smallest absolute Gasteiger partial charge is 0.313 e. The summed E-state index contributed by atoms with van der Waals surface area (Å²) in [6.07, 6.45) is 3.43. The van der Waals surface area contributed by atoms with E-state index in [-0.39, 0.29) is 12.6 Å². The Kier molecular flexibility index (Phi) is 3.02. The summed E-state index contributed by atoms with van der Waals surface area (Å²) < 4.78 is 5.29. The number of hydrogen-bond acceptors (Lipinski definition) is 4. The number of anilines is 1. The highest BCUT2D eigenvalue weighted by Gasteiger charge is 2.46. The van der Waals surface area contributed by atoms with E-state index in [0.29, 0.717) is 6.61 Å². The maximum atomic E-state index is 11.3. The number of nitrogens with one attached hydrogen (secondary N) is 1. The van der Waals surface area contributed by atoms with Crippen LogP contribution in [0, 0.1) is 12.3 Å². The van der Waals surface area contributed by atoms with Gasteiger partial charge in [-0.05, 0) is 25.5 Å². The van der Waals surface area contributed by atoms with Gasteiger partial charge in [-0.3, -0.25) is 9.78 Å². The van der Waals surface area contributed by atoms with Crippen LogP contribution in [0.3, 0.4) is 0 Å². The standard InChI is InChI=1S/C12H16N2O3/c1-8-5-13-4-3-9(8)14-10-6-17-7-12(10,2)11(15)16/h3-5,10H,6-7H2,1-2H3,(H,13,14)(H,15,16). The fraction of sp³-hybridized carbons (Fsp3) is 0.500. The van der Waals surface area contributed by atoms with Gasteiger partial charge in [-0.1, -0.05) is 0 Å². The van der Waals surface area contributed by atoms with Crippen LogP contribution >= 0.6 is 0 Å². The van der Waals surface area contributed by atoms with Crippen LogP contribution in [0.2, 0.25) is 0 Å². The van der Waals surface area contributed by atoms with Crippen molar-refractivity contribution < 1.29 is 14.6 Å². The minimum atomic E-state index is -0.879. The fourth-order valence-electron chi connectivity index (χ4n) is 1.91. The number of ether oxygens (including phenoxy) is 1. The van der Waals surface area contributed by atoms with Crippen LogP contribution < -0.4 is 5.32 Å². The Bertz CT molecular complexity index is 436. The summed E-state index contributed by atoms with van der Waals surface area (Å²) in [4.78, 5) is 15.3. The number of hydrogen-bond donors (Lipinski definition) is 2. The third-order valence-electron chi connectivity index (χ3n) is 3.29. The fourth-order valence-corrected chi connectivity index (χ4v) is 1.91. The second-order valence-corrected chi connectivity index (χ2v) is 4.63. The molecule has 0 amide bonds. The van der Waals surface area contributed by atoms with Crippen LogP contribution in [0.1, 0.15) is 12.5 Å². The summed E-state index contributed by atoms with van der Waals surface area (Å²) in [7, 11) is 0. The van der Waals surface area contributed by atoms with Crippen molar-refractivity contribution in [2.75, 3.05) is 18.5 Å². The van der Waals surface area contributed by atoms with Crippen molar-refractivity contribution in [1.82, 2.24) is 4.98 Å². The molecular formula is C12H16N2O3. The summed E-state index contributed by atoms with van der Waals surface area (Å²) in [5.41, 5.74) is 1.02. The zero-order valence-electron chi connectivity index (χ0n) is 9.93. The molecule has 0 saturated carbocycles. The average molecular weight is 236 g/mol. The third kappa shape index (κ3) is 2.10. The molecule has 1 saturated heterocycles. The zero-order chi connectivity index (χ0) is 12.5. The molecule has 1 aliphatic heterocycles. The highest BCUT2D eigenvalue weighted by molar-refractivity contribution is 5.76. The van der Waals surface area contributed by atoms with Crippen molar-refractivity contribution in [3.63, 3.8) is 0 Å². The zero-order valence-corrected chi connectivity index (χ0v) is 9.93. The third-order valence-corrected chi connectivity index (χ3v) is 3.29. The molecule has 0 radical (unpaired) electrons. The highest BCUT2D eigenvalue weighted by Crippen LogP contribution is 2.31. The van der Waals surface area contributed by atoms with Gasteiger partial charge in [-0.15, -0.1) is 0 Å². The summed E-state index contributed by atoms with van der Waals surface area (Å²) in [6, 6.07) is 1.62. The van der Waals surface area contributed by atoms with Gasteiger partial charge < -0.3 is 15.2 Å². The Labute approximate surface area is 99.8 Å². The lowest BCUT2D eigenvalue weighted by atomic mass is 9.85. The Morgan fingerprint density at radius 2 is 2.47 bits per heavy atom. The first kappa shape index (κ1) is 11.9. The molecule has 92 valence electrons. The Morgan fingerprint density at radius 3 is 3.12 bits per heavy atom. The molecule has 2 N–H and O–H groups in total. The summed E-state index contributed by atoms with van der Waals surface area (Å²) >= 11 is 0. The van der Waals surface area contributed by atoms with E-state index >= 15 is 0 Å².